The molecule has 0 fully saturated rings. The molecule has 2 rings (SSSR count). The second kappa shape index (κ2) is 7.54. The van der Waals surface area contributed by atoms with Crippen molar-refractivity contribution < 1.29 is 14.0 Å². The Bertz CT molecular complexity index is 696. The number of hydrogen-bond acceptors (Lipinski definition) is 2. The van der Waals surface area contributed by atoms with E-state index >= 15 is 0 Å². The Morgan fingerprint density at radius 3 is 2.17 bits per heavy atom. The maximum atomic E-state index is 13.1. The van der Waals surface area contributed by atoms with Gasteiger partial charge in [0.15, 0.2) is 0 Å². The van der Waals surface area contributed by atoms with E-state index < -0.39 is 5.82 Å². The smallest absolute Gasteiger partial charge is 0.255 e. The first-order chi connectivity index (χ1) is 10.9. The summed E-state index contributed by atoms with van der Waals surface area (Å²) in [7, 11) is 0. The van der Waals surface area contributed by atoms with Crippen molar-refractivity contribution in [2.45, 2.75) is 20.3 Å². The van der Waals surface area contributed by atoms with E-state index in [0.29, 0.717) is 23.7 Å². The number of benzene rings is 2. The fourth-order valence-corrected chi connectivity index (χ4v) is 2.05. The highest BCUT2D eigenvalue weighted by atomic mass is 19.1. The number of carbonyl (C=O) groups is 2. The first kappa shape index (κ1) is 16.7. The van der Waals surface area contributed by atoms with Crippen molar-refractivity contribution in [1.29, 1.82) is 0 Å². The van der Waals surface area contributed by atoms with Crippen LogP contribution in [-0.4, -0.2) is 11.8 Å². The molecule has 4 nitrogen and oxygen atoms in total. The summed E-state index contributed by atoms with van der Waals surface area (Å²) in [4.78, 5) is 23.7. The summed E-state index contributed by atoms with van der Waals surface area (Å²) >= 11 is 0. The average molecular weight is 314 g/mol. The SMILES string of the molecule is CC(C)CC(=O)Nc1ccc(NC(=O)c2cccc(F)c2)cc1. The van der Waals surface area contributed by atoms with Crippen LogP contribution in [-0.2, 0) is 4.79 Å². The molecular formula is C18H19FN2O2. The van der Waals surface area contributed by atoms with Crippen molar-refractivity contribution in [2.24, 2.45) is 5.92 Å². The number of halogens is 1. The Kier molecular flexibility index (Phi) is 5.46. The minimum atomic E-state index is -0.458. The number of hydrogen-bond donors (Lipinski definition) is 2. The highest BCUT2D eigenvalue weighted by molar-refractivity contribution is 6.04. The fraction of sp³-hybridized carbons (Fsp3) is 0.222. The van der Waals surface area contributed by atoms with Gasteiger partial charge in [-0.2, -0.15) is 0 Å². The summed E-state index contributed by atoms with van der Waals surface area (Å²) < 4.78 is 13.1. The second-order valence-electron chi connectivity index (χ2n) is 5.69. The summed E-state index contributed by atoms with van der Waals surface area (Å²) in [5.74, 6) is -0.599. The molecule has 0 heterocycles. The lowest BCUT2D eigenvalue weighted by molar-refractivity contribution is -0.116. The Labute approximate surface area is 134 Å². The molecule has 0 aliphatic heterocycles. The van der Waals surface area contributed by atoms with E-state index in [-0.39, 0.29) is 17.4 Å². The van der Waals surface area contributed by atoms with Crippen LogP contribution in [0, 0.1) is 11.7 Å². The van der Waals surface area contributed by atoms with Gasteiger partial charge in [0.1, 0.15) is 5.82 Å². The van der Waals surface area contributed by atoms with Gasteiger partial charge in [-0.3, -0.25) is 9.59 Å². The van der Waals surface area contributed by atoms with Gasteiger partial charge in [-0.25, -0.2) is 4.39 Å². The molecule has 0 saturated heterocycles. The first-order valence-electron chi connectivity index (χ1n) is 7.41. The first-order valence-corrected chi connectivity index (χ1v) is 7.41. The molecule has 0 spiro atoms. The monoisotopic (exact) mass is 314 g/mol. The quantitative estimate of drug-likeness (QED) is 0.874. The van der Waals surface area contributed by atoms with Crippen LogP contribution < -0.4 is 10.6 Å². The summed E-state index contributed by atoms with van der Waals surface area (Å²) in [6, 6.07) is 12.3. The van der Waals surface area contributed by atoms with Gasteiger partial charge in [0.25, 0.3) is 5.91 Å². The van der Waals surface area contributed by atoms with Crippen LogP contribution in [0.2, 0.25) is 0 Å². The van der Waals surface area contributed by atoms with E-state index in [1.165, 1.54) is 18.2 Å². The Hall–Kier alpha value is -2.69. The Balaban J connectivity index is 1.97. The van der Waals surface area contributed by atoms with E-state index in [2.05, 4.69) is 10.6 Å². The molecule has 0 bridgehead atoms. The molecule has 0 aliphatic carbocycles. The lowest BCUT2D eigenvalue weighted by atomic mass is 10.1. The minimum absolute atomic E-state index is 0.0449. The highest BCUT2D eigenvalue weighted by Gasteiger charge is 2.08. The van der Waals surface area contributed by atoms with Gasteiger partial charge in [-0.1, -0.05) is 19.9 Å². The van der Waals surface area contributed by atoms with E-state index in [0.717, 1.165) is 0 Å². The van der Waals surface area contributed by atoms with Crippen LogP contribution in [0.3, 0.4) is 0 Å². The van der Waals surface area contributed by atoms with E-state index in [4.69, 9.17) is 0 Å². The third-order valence-corrected chi connectivity index (χ3v) is 3.11. The van der Waals surface area contributed by atoms with Crippen LogP contribution in [0.1, 0.15) is 30.6 Å². The van der Waals surface area contributed by atoms with Crippen LogP contribution in [0.5, 0.6) is 0 Å². The highest BCUT2D eigenvalue weighted by Crippen LogP contribution is 2.16. The molecule has 0 aliphatic rings. The van der Waals surface area contributed by atoms with Crippen LogP contribution >= 0.6 is 0 Å². The third-order valence-electron chi connectivity index (χ3n) is 3.11. The molecule has 0 aromatic heterocycles. The summed E-state index contributed by atoms with van der Waals surface area (Å²) in [5.41, 5.74) is 1.49. The number of carbonyl (C=O) groups excluding carboxylic acids is 2. The Morgan fingerprint density at radius 1 is 1.00 bits per heavy atom. The average Bonchev–Trinajstić information content (AvgIpc) is 2.48. The number of rotatable bonds is 5. The van der Waals surface area contributed by atoms with Gasteiger partial charge < -0.3 is 10.6 Å². The van der Waals surface area contributed by atoms with Crippen molar-refractivity contribution in [2.75, 3.05) is 10.6 Å². The number of amides is 2. The van der Waals surface area contributed by atoms with Crippen LogP contribution in [0.25, 0.3) is 0 Å². The predicted molar refractivity (Wildman–Crippen MR) is 88.9 cm³/mol. The normalized spacial score (nSPS) is 10.4. The largest absolute Gasteiger partial charge is 0.326 e. The molecule has 5 heteroatoms. The Morgan fingerprint density at radius 2 is 1.61 bits per heavy atom. The predicted octanol–water partition coefficient (Wildman–Crippen LogP) is 4.06. The van der Waals surface area contributed by atoms with Gasteiger partial charge in [-0.15, -0.1) is 0 Å². The molecule has 120 valence electrons. The maximum Gasteiger partial charge on any atom is 0.255 e. The maximum absolute atomic E-state index is 13.1. The molecule has 0 saturated carbocycles. The number of anilines is 2. The van der Waals surface area contributed by atoms with Crippen molar-refractivity contribution >= 4 is 23.2 Å². The lowest BCUT2D eigenvalue weighted by Gasteiger charge is -2.09. The van der Waals surface area contributed by atoms with E-state index in [1.807, 2.05) is 13.8 Å². The summed E-state index contributed by atoms with van der Waals surface area (Å²) in [6.07, 6.45) is 0.456. The lowest BCUT2D eigenvalue weighted by Crippen LogP contribution is -2.14. The van der Waals surface area contributed by atoms with Crippen LogP contribution in [0.4, 0.5) is 15.8 Å². The van der Waals surface area contributed by atoms with Gasteiger partial charge in [0.2, 0.25) is 5.91 Å². The van der Waals surface area contributed by atoms with E-state index in [1.54, 1.807) is 30.3 Å². The van der Waals surface area contributed by atoms with Crippen molar-refractivity contribution in [1.82, 2.24) is 0 Å². The van der Waals surface area contributed by atoms with E-state index in [9.17, 15) is 14.0 Å². The summed E-state index contributed by atoms with van der Waals surface area (Å²) in [5, 5.41) is 5.47. The third kappa shape index (κ3) is 5.21. The van der Waals surface area contributed by atoms with Crippen molar-refractivity contribution in [3.63, 3.8) is 0 Å². The minimum Gasteiger partial charge on any atom is -0.326 e. The van der Waals surface area contributed by atoms with Gasteiger partial charge in [0, 0.05) is 23.4 Å². The molecule has 0 radical (unpaired) electrons. The fourth-order valence-electron chi connectivity index (χ4n) is 2.05. The molecule has 0 atom stereocenters. The standard InChI is InChI=1S/C18H19FN2O2/c1-12(2)10-17(22)20-15-6-8-16(9-7-15)21-18(23)13-4-3-5-14(19)11-13/h3-9,11-12H,10H2,1-2H3,(H,20,22)(H,21,23). The molecule has 23 heavy (non-hydrogen) atoms. The van der Waals surface area contributed by atoms with Crippen molar-refractivity contribution in [3.05, 3.63) is 59.9 Å². The molecule has 0 unspecified atom stereocenters. The molecule has 2 N–H and O–H groups in total. The zero-order valence-electron chi connectivity index (χ0n) is 13.1. The molecule has 2 amide bonds. The van der Waals surface area contributed by atoms with Gasteiger partial charge in [0.05, 0.1) is 0 Å². The summed E-state index contributed by atoms with van der Waals surface area (Å²) in [6.45, 7) is 3.95. The topological polar surface area (TPSA) is 58.2 Å². The van der Waals surface area contributed by atoms with Crippen molar-refractivity contribution in [3.8, 4) is 0 Å². The zero-order valence-corrected chi connectivity index (χ0v) is 13.1. The number of nitrogens with one attached hydrogen (secondary N) is 2. The molecular weight excluding hydrogens is 295 g/mol. The van der Waals surface area contributed by atoms with Gasteiger partial charge in [-0.05, 0) is 48.4 Å². The molecule has 2 aromatic rings. The molecule has 2 aromatic carbocycles. The van der Waals surface area contributed by atoms with Crippen LogP contribution in [0.15, 0.2) is 48.5 Å². The second-order valence-corrected chi connectivity index (χ2v) is 5.69. The zero-order chi connectivity index (χ0) is 16.8. The van der Waals surface area contributed by atoms with Gasteiger partial charge >= 0.3 is 0 Å².